The predicted molar refractivity (Wildman–Crippen MR) is 114 cm³/mol. The molecule has 0 unspecified atom stereocenters. The van der Waals surface area contributed by atoms with Crippen LogP contribution >= 0.6 is 11.6 Å². The summed E-state index contributed by atoms with van der Waals surface area (Å²) in [6, 6.07) is 13.7. The average molecular weight is 412 g/mol. The highest BCUT2D eigenvalue weighted by Crippen LogP contribution is 2.21. The van der Waals surface area contributed by atoms with Crippen molar-refractivity contribution in [1.29, 1.82) is 5.26 Å². The molecule has 0 aliphatic heterocycles. The van der Waals surface area contributed by atoms with E-state index in [4.69, 9.17) is 16.3 Å². The second-order valence-corrected chi connectivity index (χ2v) is 6.70. The smallest absolute Gasteiger partial charge is 0.340 e. The van der Waals surface area contributed by atoms with E-state index in [9.17, 15) is 14.9 Å². The summed E-state index contributed by atoms with van der Waals surface area (Å²) in [5, 5.41) is 15.4. The van der Waals surface area contributed by atoms with Gasteiger partial charge in [0.15, 0.2) is 0 Å². The Bertz CT molecular complexity index is 964. The molecule has 0 aliphatic rings. The number of benzene rings is 2. The van der Waals surface area contributed by atoms with Gasteiger partial charge < -0.3 is 15.4 Å². The first kappa shape index (κ1) is 22.0. The Morgan fingerprint density at radius 3 is 2.69 bits per heavy atom. The molecular formula is C22H22ClN3O3. The zero-order valence-electron chi connectivity index (χ0n) is 16.3. The molecule has 0 saturated carbocycles. The van der Waals surface area contributed by atoms with Crippen LogP contribution in [0.2, 0.25) is 5.02 Å². The quantitative estimate of drug-likeness (QED) is 0.274. The molecule has 29 heavy (non-hydrogen) atoms. The number of nitriles is 1. The van der Waals surface area contributed by atoms with Crippen molar-refractivity contribution in [3.63, 3.8) is 0 Å². The summed E-state index contributed by atoms with van der Waals surface area (Å²) in [4.78, 5) is 24.7. The van der Waals surface area contributed by atoms with Crippen molar-refractivity contribution in [2.24, 2.45) is 0 Å². The number of esters is 1. The third kappa shape index (κ3) is 6.37. The maximum absolute atomic E-state index is 12.4. The van der Waals surface area contributed by atoms with Gasteiger partial charge in [0, 0.05) is 16.9 Å². The summed E-state index contributed by atoms with van der Waals surface area (Å²) in [7, 11) is 0. The molecule has 2 aromatic carbocycles. The summed E-state index contributed by atoms with van der Waals surface area (Å²) < 4.78 is 5.24. The van der Waals surface area contributed by atoms with Gasteiger partial charge in [-0.2, -0.15) is 5.26 Å². The fourth-order valence-electron chi connectivity index (χ4n) is 2.39. The van der Waals surface area contributed by atoms with Gasteiger partial charge in [-0.25, -0.2) is 4.79 Å². The van der Waals surface area contributed by atoms with Gasteiger partial charge in [0.05, 0.1) is 17.9 Å². The summed E-state index contributed by atoms with van der Waals surface area (Å²) >= 11 is 5.96. The number of carbonyl (C=O) groups excluding carboxylic acids is 2. The van der Waals surface area contributed by atoms with Gasteiger partial charge in [-0.05, 0) is 43.2 Å². The van der Waals surface area contributed by atoms with Crippen LogP contribution in [0.5, 0.6) is 0 Å². The first-order chi connectivity index (χ1) is 14.0. The van der Waals surface area contributed by atoms with E-state index in [-0.39, 0.29) is 5.57 Å². The first-order valence-electron chi connectivity index (χ1n) is 9.16. The Hall–Kier alpha value is -3.30. The van der Waals surface area contributed by atoms with Crippen molar-refractivity contribution in [2.45, 2.75) is 26.7 Å². The van der Waals surface area contributed by atoms with Gasteiger partial charge in [0.1, 0.15) is 11.6 Å². The standard InChI is InChI=1S/C22H22ClN3O3/c1-3-4-11-29-22(28)18-7-5-6-8-19(18)25-14-16(13-24)21(27)26-20-12-17(23)10-9-15(20)2/h5-10,12,14,25H,3-4,11H2,1-2H3,(H,26,27)/b16-14-. The van der Waals surface area contributed by atoms with E-state index in [1.165, 1.54) is 6.20 Å². The number of aryl methyl sites for hydroxylation is 1. The van der Waals surface area contributed by atoms with Gasteiger partial charge in [0.25, 0.3) is 5.91 Å². The minimum absolute atomic E-state index is 0.154. The van der Waals surface area contributed by atoms with Crippen molar-refractivity contribution in [3.8, 4) is 6.07 Å². The van der Waals surface area contributed by atoms with E-state index in [0.29, 0.717) is 28.6 Å². The lowest BCUT2D eigenvalue weighted by Crippen LogP contribution is -2.15. The van der Waals surface area contributed by atoms with Crippen molar-refractivity contribution in [1.82, 2.24) is 0 Å². The van der Waals surface area contributed by atoms with E-state index < -0.39 is 11.9 Å². The number of nitrogens with one attached hydrogen (secondary N) is 2. The predicted octanol–water partition coefficient (Wildman–Crippen LogP) is 5.06. The molecule has 0 fully saturated rings. The monoisotopic (exact) mass is 411 g/mol. The molecule has 2 N–H and O–H groups in total. The molecule has 0 atom stereocenters. The Morgan fingerprint density at radius 2 is 1.97 bits per heavy atom. The van der Waals surface area contributed by atoms with Crippen molar-refractivity contribution < 1.29 is 14.3 Å². The van der Waals surface area contributed by atoms with Crippen LogP contribution in [0.3, 0.4) is 0 Å². The lowest BCUT2D eigenvalue weighted by molar-refractivity contribution is -0.112. The molecular weight excluding hydrogens is 390 g/mol. The number of ether oxygens (including phenoxy) is 1. The second kappa shape index (κ2) is 10.9. The van der Waals surface area contributed by atoms with Crippen molar-refractivity contribution in [2.75, 3.05) is 17.2 Å². The Morgan fingerprint density at radius 1 is 1.21 bits per heavy atom. The summed E-state index contributed by atoms with van der Waals surface area (Å²) in [6.45, 7) is 4.16. The highest BCUT2D eigenvalue weighted by molar-refractivity contribution is 6.31. The molecule has 0 aromatic heterocycles. The number of rotatable bonds is 8. The third-order valence-electron chi connectivity index (χ3n) is 4.06. The summed E-state index contributed by atoms with van der Waals surface area (Å²) in [5.74, 6) is -1.05. The fourth-order valence-corrected chi connectivity index (χ4v) is 2.56. The number of amides is 1. The van der Waals surface area contributed by atoms with Gasteiger partial charge >= 0.3 is 5.97 Å². The molecule has 0 heterocycles. The topological polar surface area (TPSA) is 91.2 Å². The molecule has 1 amide bonds. The number of anilines is 2. The van der Waals surface area contributed by atoms with Crippen LogP contribution in [0.1, 0.15) is 35.7 Å². The molecule has 2 rings (SSSR count). The molecule has 0 aliphatic carbocycles. The third-order valence-corrected chi connectivity index (χ3v) is 4.30. The van der Waals surface area contributed by atoms with Crippen LogP contribution in [0.4, 0.5) is 11.4 Å². The molecule has 150 valence electrons. The van der Waals surface area contributed by atoms with Crippen LogP contribution < -0.4 is 10.6 Å². The minimum atomic E-state index is -0.589. The van der Waals surface area contributed by atoms with Crippen molar-refractivity contribution >= 4 is 34.9 Å². The number of halogens is 1. The average Bonchev–Trinajstić information content (AvgIpc) is 2.71. The Balaban J connectivity index is 2.14. The summed E-state index contributed by atoms with van der Waals surface area (Å²) in [6.07, 6.45) is 2.96. The normalized spacial score (nSPS) is 10.8. The zero-order valence-corrected chi connectivity index (χ0v) is 17.0. The number of unbranched alkanes of at least 4 members (excludes halogenated alkanes) is 1. The number of hydrogen-bond acceptors (Lipinski definition) is 5. The molecule has 0 saturated heterocycles. The highest BCUT2D eigenvalue weighted by Gasteiger charge is 2.14. The van der Waals surface area contributed by atoms with Crippen molar-refractivity contribution in [3.05, 3.63) is 70.4 Å². The lowest BCUT2D eigenvalue weighted by atomic mass is 10.1. The van der Waals surface area contributed by atoms with Gasteiger partial charge in [0.2, 0.25) is 0 Å². The van der Waals surface area contributed by atoms with Crippen LogP contribution in [0, 0.1) is 18.3 Å². The summed E-state index contributed by atoms with van der Waals surface area (Å²) in [5.41, 5.74) is 1.94. The highest BCUT2D eigenvalue weighted by atomic mass is 35.5. The molecule has 0 spiro atoms. The SMILES string of the molecule is CCCCOC(=O)c1ccccc1N/C=C(/C#N)C(=O)Nc1cc(Cl)ccc1C. The van der Waals surface area contributed by atoms with Gasteiger partial charge in [-0.1, -0.05) is 43.1 Å². The van der Waals surface area contributed by atoms with E-state index in [1.54, 1.807) is 42.5 Å². The maximum Gasteiger partial charge on any atom is 0.340 e. The molecule has 0 radical (unpaired) electrons. The molecule has 2 aromatic rings. The Kier molecular flexibility index (Phi) is 8.26. The largest absolute Gasteiger partial charge is 0.462 e. The zero-order chi connectivity index (χ0) is 21.2. The van der Waals surface area contributed by atoms with Gasteiger partial charge in [-0.15, -0.1) is 0 Å². The molecule has 7 heteroatoms. The molecule has 0 bridgehead atoms. The van der Waals surface area contributed by atoms with Gasteiger partial charge in [-0.3, -0.25) is 4.79 Å². The van der Waals surface area contributed by atoms with E-state index in [0.717, 1.165) is 18.4 Å². The molecule has 6 nitrogen and oxygen atoms in total. The van der Waals surface area contributed by atoms with Crippen LogP contribution in [-0.4, -0.2) is 18.5 Å². The maximum atomic E-state index is 12.4. The van der Waals surface area contributed by atoms with E-state index >= 15 is 0 Å². The number of carbonyl (C=O) groups is 2. The van der Waals surface area contributed by atoms with Crippen LogP contribution in [-0.2, 0) is 9.53 Å². The number of hydrogen-bond donors (Lipinski definition) is 2. The number of para-hydroxylation sites is 1. The van der Waals surface area contributed by atoms with E-state index in [1.807, 2.05) is 19.9 Å². The second-order valence-electron chi connectivity index (χ2n) is 6.26. The Labute approximate surface area is 175 Å². The number of nitrogens with zero attached hydrogens (tertiary/aromatic N) is 1. The lowest BCUT2D eigenvalue weighted by Gasteiger charge is -2.10. The van der Waals surface area contributed by atoms with Crippen LogP contribution in [0.15, 0.2) is 54.2 Å². The fraction of sp³-hybridized carbons (Fsp3) is 0.227. The minimum Gasteiger partial charge on any atom is -0.462 e. The van der Waals surface area contributed by atoms with E-state index in [2.05, 4.69) is 10.6 Å². The van der Waals surface area contributed by atoms with Crippen LogP contribution in [0.25, 0.3) is 0 Å². The first-order valence-corrected chi connectivity index (χ1v) is 9.54.